The summed E-state index contributed by atoms with van der Waals surface area (Å²) in [5.41, 5.74) is 0. The van der Waals surface area contributed by atoms with Gasteiger partial charge in [-0.3, -0.25) is 0 Å². The molecule has 0 radical (unpaired) electrons. The average Bonchev–Trinajstić information content (AvgIpc) is 2.93. The number of nitrogens with one attached hydrogen (secondary N) is 1. The summed E-state index contributed by atoms with van der Waals surface area (Å²) < 4.78 is 10.7. The summed E-state index contributed by atoms with van der Waals surface area (Å²) in [6.07, 6.45) is 5.07. The highest BCUT2D eigenvalue weighted by Crippen LogP contribution is 2.24. The van der Waals surface area contributed by atoms with Crippen LogP contribution in [-0.2, 0) is 11.2 Å². The van der Waals surface area contributed by atoms with Crippen molar-refractivity contribution in [2.24, 2.45) is 0 Å². The number of ether oxygens (including phenoxy) is 1. The molecule has 1 aliphatic rings. The Bertz CT molecular complexity index is 361. The van der Waals surface area contributed by atoms with E-state index in [9.17, 15) is 0 Å². The molecule has 1 aliphatic heterocycles. The van der Waals surface area contributed by atoms with Crippen LogP contribution >= 0.6 is 0 Å². The van der Waals surface area contributed by atoms with Gasteiger partial charge in [0.25, 0.3) is 0 Å². The summed E-state index contributed by atoms with van der Waals surface area (Å²) in [4.78, 5) is 4.53. The molecule has 1 aromatic heterocycles. The molecule has 2 heterocycles. The molecule has 0 spiro atoms. The Morgan fingerprint density at radius 2 is 2.16 bits per heavy atom. The number of aryl methyl sites for hydroxylation is 1. The average molecular weight is 267 g/mol. The monoisotopic (exact) mass is 267 g/mol. The minimum atomic E-state index is 0.418. The molecule has 0 aromatic carbocycles. The first kappa shape index (κ1) is 14.5. The highest BCUT2D eigenvalue weighted by Gasteiger charge is 2.21. The van der Waals surface area contributed by atoms with E-state index in [1.807, 2.05) is 0 Å². The van der Waals surface area contributed by atoms with Crippen molar-refractivity contribution < 1.29 is 9.26 Å². The predicted octanol–water partition coefficient (Wildman–Crippen LogP) is 2.28. The van der Waals surface area contributed by atoms with E-state index in [0.29, 0.717) is 12.0 Å². The largest absolute Gasteiger partial charge is 0.381 e. The van der Waals surface area contributed by atoms with Crippen molar-refractivity contribution in [3.8, 4) is 0 Å². The number of rotatable bonds is 7. The van der Waals surface area contributed by atoms with Crippen LogP contribution in [0.25, 0.3) is 0 Å². The van der Waals surface area contributed by atoms with Gasteiger partial charge in [-0.2, -0.15) is 4.98 Å². The molecule has 0 bridgehead atoms. The number of hydrogen-bond donors (Lipinski definition) is 1. The van der Waals surface area contributed by atoms with Crippen molar-refractivity contribution in [3.63, 3.8) is 0 Å². The number of nitrogens with zero attached hydrogens (tertiary/aromatic N) is 2. The molecule has 1 unspecified atom stereocenters. The van der Waals surface area contributed by atoms with Crippen molar-refractivity contribution >= 4 is 0 Å². The van der Waals surface area contributed by atoms with Gasteiger partial charge in [0, 0.05) is 31.6 Å². The minimum absolute atomic E-state index is 0.418. The van der Waals surface area contributed by atoms with Gasteiger partial charge in [0.2, 0.25) is 5.89 Å². The molecule has 19 heavy (non-hydrogen) atoms. The smallest absolute Gasteiger partial charge is 0.226 e. The van der Waals surface area contributed by atoms with Gasteiger partial charge in [-0.15, -0.1) is 0 Å². The van der Waals surface area contributed by atoms with Crippen LogP contribution in [0.1, 0.15) is 57.2 Å². The number of aromatic nitrogens is 2. The topological polar surface area (TPSA) is 60.2 Å². The first-order valence-electron chi connectivity index (χ1n) is 7.43. The van der Waals surface area contributed by atoms with Crippen molar-refractivity contribution in [2.75, 3.05) is 19.8 Å². The summed E-state index contributed by atoms with van der Waals surface area (Å²) in [6.45, 7) is 7.07. The first-order valence-corrected chi connectivity index (χ1v) is 7.43. The lowest BCUT2D eigenvalue weighted by Gasteiger charge is -2.18. The number of hydrogen-bond acceptors (Lipinski definition) is 5. The molecular weight excluding hydrogens is 242 g/mol. The molecule has 108 valence electrons. The summed E-state index contributed by atoms with van der Waals surface area (Å²) >= 11 is 0. The molecule has 5 nitrogen and oxygen atoms in total. The zero-order valence-electron chi connectivity index (χ0n) is 12.0. The fourth-order valence-electron chi connectivity index (χ4n) is 2.32. The first-order chi connectivity index (χ1) is 9.29. The highest BCUT2D eigenvalue weighted by molar-refractivity contribution is 4.96. The van der Waals surface area contributed by atoms with Gasteiger partial charge >= 0.3 is 0 Å². The van der Waals surface area contributed by atoms with Crippen LogP contribution in [0, 0.1) is 0 Å². The third kappa shape index (κ3) is 4.58. The predicted molar refractivity (Wildman–Crippen MR) is 73.2 cm³/mol. The normalized spacial score (nSPS) is 18.6. The lowest BCUT2D eigenvalue weighted by molar-refractivity contribution is 0.0830. The summed E-state index contributed by atoms with van der Waals surface area (Å²) in [6, 6.07) is 0.499. The SMILES string of the molecule is CCCNC(C)CCc1nc(C2CCOCC2)no1. The van der Waals surface area contributed by atoms with Gasteiger partial charge in [0.05, 0.1) is 0 Å². The standard InChI is InChI=1S/C14H25N3O2/c1-3-8-15-11(2)4-5-13-16-14(17-19-13)12-6-9-18-10-7-12/h11-12,15H,3-10H2,1-2H3. The van der Waals surface area contributed by atoms with Gasteiger partial charge in [-0.25, -0.2) is 0 Å². The van der Waals surface area contributed by atoms with Crippen LogP contribution in [0.3, 0.4) is 0 Å². The van der Waals surface area contributed by atoms with Gasteiger partial charge in [-0.1, -0.05) is 12.1 Å². The zero-order valence-corrected chi connectivity index (χ0v) is 12.0. The van der Waals surface area contributed by atoms with Crippen LogP contribution in [0.4, 0.5) is 0 Å². The second kappa shape index (κ2) is 7.60. The second-order valence-electron chi connectivity index (χ2n) is 5.33. The molecule has 0 aliphatic carbocycles. The van der Waals surface area contributed by atoms with Gasteiger partial charge in [-0.05, 0) is 39.2 Å². The van der Waals surface area contributed by atoms with E-state index in [0.717, 1.165) is 57.2 Å². The van der Waals surface area contributed by atoms with Gasteiger partial charge in [0.1, 0.15) is 0 Å². The molecule has 0 saturated carbocycles. The maximum absolute atomic E-state index is 5.35. The maximum atomic E-state index is 5.35. The Morgan fingerprint density at radius 1 is 1.37 bits per heavy atom. The van der Waals surface area contributed by atoms with Crippen molar-refractivity contribution in [2.45, 2.75) is 57.9 Å². The molecule has 0 amide bonds. The minimum Gasteiger partial charge on any atom is -0.381 e. The van der Waals surface area contributed by atoms with Gasteiger partial charge < -0.3 is 14.6 Å². The molecule has 2 rings (SSSR count). The Kier molecular flexibility index (Phi) is 5.79. The molecule has 5 heteroatoms. The fraction of sp³-hybridized carbons (Fsp3) is 0.857. The van der Waals surface area contributed by atoms with E-state index in [1.165, 1.54) is 6.42 Å². The molecule has 1 aromatic rings. The third-order valence-corrected chi connectivity index (χ3v) is 3.60. The Morgan fingerprint density at radius 3 is 2.89 bits per heavy atom. The quantitative estimate of drug-likeness (QED) is 0.821. The Labute approximate surface area is 115 Å². The Hall–Kier alpha value is -0.940. The summed E-state index contributed by atoms with van der Waals surface area (Å²) in [5.74, 6) is 2.06. The lowest BCUT2D eigenvalue weighted by atomic mass is 10.00. The van der Waals surface area contributed by atoms with Crippen LogP contribution in [0.5, 0.6) is 0 Å². The van der Waals surface area contributed by atoms with E-state index in [1.54, 1.807) is 0 Å². The summed E-state index contributed by atoms with van der Waals surface area (Å²) in [5, 5.41) is 7.58. The molecular formula is C14H25N3O2. The third-order valence-electron chi connectivity index (χ3n) is 3.60. The van der Waals surface area contributed by atoms with Crippen LogP contribution in [0.2, 0.25) is 0 Å². The van der Waals surface area contributed by atoms with E-state index in [-0.39, 0.29) is 0 Å². The van der Waals surface area contributed by atoms with Crippen LogP contribution < -0.4 is 5.32 Å². The van der Waals surface area contributed by atoms with E-state index < -0.39 is 0 Å². The fourth-order valence-corrected chi connectivity index (χ4v) is 2.32. The van der Waals surface area contributed by atoms with Crippen molar-refractivity contribution in [3.05, 3.63) is 11.7 Å². The molecule has 1 fully saturated rings. The van der Waals surface area contributed by atoms with Gasteiger partial charge in [0.15, 0.2) is 5.82 Å². The molecule has 1 atom stereocenters. The summed E-state index contributed by atoms with van der Waals surface area (Å²) in [7, 11) is 0. The van der Waals surface area contributed by atoms with Crippen LogP contribution in [0.15, 0.2) is 4.52 Å². The second-order valence-corrected chi connectivity index (χ2v) is 5.33. The highest BCUT2D eigenvalue weighted by atomic mass is 16.5. The molecule has 1 saturated heterocycles. The van der Waals surface area contributed by atoms with E-state index in [2.05, 4.69) is 29.3 Å². The maximum Gasteiger partial charge on any atom is 0.226 e. The lowest BCUT2D eigenvalue weighted by Crippen LogP contribution is -2.27. The zero-order chi connectivity index (χ0) is 13.5. The molecule has 1 N–H and O–H groups in total. The van der Waals surface area contributed by atoms with Crippen molar-refractivity contribution in [1.29, 1.82) is 0 Å². The van der Waals surface area contributed by atoms with E-state index in [4.69, 9.17) is 9.26 Å². The Balaban J connectivity index is 1.77. The van der Waals surface area contributed by atoms with E-state index >= 15 is 0 Å². The van der Waals surface area contributed by atoms with Crippen molar-refractivity contribution in [1.82, 2.24) is 15.5 Å². The van der Waals surface area contributed by atoms with Crippen LogP contribution in [-0.4, -0.2) is 35.9 Å².